The van der Waals surface area contributed by atoms with Crippen LogP contribution in [0.3, 0.4) is 0 Å². The van der Waals surface area contributed by atoms with Crippen molar-refractivity contribution in [1.29, 1.82) is 0 Å². The Labute approximate surface area is 187 Å². The predicted molar refractivity (Wildman–Crippen MR) is 121 cm³/mol. The summed E-state index contributed by atoms with van der Waals surface area (Å²) in [5.74, 6) is -0.948. The first-order valence-corrected chi connectivity index (χ1v) is 10.9. The molecule has 1 saturated heterocycles. The highest BCUT2D eigenvalue weighted by Crippen LogP contribution is 2.15. The molecule has 0 unspecified atom stereocenters. The van der Waals surface area contributed by atoms with E-state index in [1.54, 1.807) is 29.2 Å². The Morgan fingerprint density at radius 2 is 1.72 bits per heavy atom. The number of rotatable bonds is 7. The number of urea groups is 1. The van der Waals surface area contributed by atoms with Crippen molar-refractivity contribution in [2.75, 3.05) is 25.0 Å². The molecule has 1 aliphatic rings. The highest BCUT2D eigenvalue weighted by molar-refractivity contribution is 5.94. The maximum atomic E-state index is 13.8. The molecule has 8 heteroatoms. The molecule has 1 heterocycles. The van der Waals surface area contributed by atoms with Gasteiger partial charge in [0.1, 0.15) is 5.82 Å². The lowest BCUT2D eigenvalue weighted by atomic mass is 10.0. The van der Waals surface area contributed by atoms with Crippen LogP contribution < -0.4 is 16.0 Å². The van der Waals surface area contributed by atoms with Crippen LogP contribution in [0.4, 0.5) is 14.9 Å². The molecule has 1 aliphatic heterocycles. The van der Waals surface area contributed by atoms with Crippen LogP contribution in [-0.4, -0.2) is 48.4 Å². The normalized spacial score (nSPS) is 14.0. The number of benzene rings is 2. The lowest BCUT2D eigenvalue weighted by Crippen LogP contribution is -2.47. The first-order chi connectivity index (χ1) is 15.5. The van der Waals surface area contributed by atoms with E-state index < -0.39 is 11.7 Å². The highest BCUT2D eigenvalue weighted by atomic mass is 19.1. The molecule has 0 aliphatic carbocycles. The summed E-state index contributed by atoms with van der Waals surface area (Å²) in [5.41, 5.74) is 1.57. The Bertz CT molecular complexity index is 941. The van der Waals surface area contributed by atoms with Crippen molar-refractivity contribution in [2.45, 2.75) is 38.6 Å². The Balaban J connectivity index is 1.44. The predicted octanol–water partition coefficient (Wildman–Crippen LogP) is 3.32. The second kappa shape index (κ2) is 11.3. The Hall–Kier alpha value is -3.42. The van der Waals surface area contributed by atoms with Gasteiger partial charge < -0.3 is 20.9 Å². The van der Waals surface area contributed by atoms with Crippen molar-refractivity contribution >= 4 is 23.5 Å². The van der Waals surface area contributed by atoms with Crippen molar-refractivity contribution in [2.24, 2.45) is 0 Å². The van der Waals surface area contributed by atoms with Crippen LogP contribution in [0.1, 0.15) is 42.1 Å². The standard InChI is InChI=1S/C24H29FN4O3/c1-2-13-26-24(32)28-18-9-7-17(8-10-18)16-22(30)29-14-11-19(12-15-29)27-23(31)20-5-3-4-6-21(20)25/h3-10,19H,2,11-16H2,1H3,(H,27,31)(H2,26,28,32). The van der Waals surface area contributed by atoms with Crippen LogP contribution in [0.25, 0.3) is 0 Å². The summed E-state index contributed by atoms with van der Waals surface area (Å²) >= 11 is 0. The van der Waals surface area contributed by atoms with Crippen LogP contribution >= 0.6 is 0 Å². The fraction of sp³-hybridized carbons (Fsp3) is 0.375. The summed E-state index contributed by atoms with van der Waals surface area (Å²) in [5, 5.41) is 8.36. The Morgan fingerprint density at radius 1 is 1.03 bits per heavy atom. The molecule has 3 rings (SSSR count). The summed E-state index contributed by atoms with van der Waals surface area (Å²) in [4.78, 5) is 38.4. The molecule has 170 valence electrons. The molecule has 0 spiro atoms. The number of halogens is 1. The summed E-state index contributed by atoms with van der Waals surface area (Å²) < 4.78 is 13.8. The number of nitrogens with zero attached hydrogens (tertiary/aromatic N) is 1. The molecular formula is C24H29FN4O3. The summed E-state index contributed by atoms with van der Waals surface area (Å²) in [6.07, 6.45) is 2.39. The zero-order chi connectivity index (χ0) is 22.9. The number of anilines is 1. The van der Waals surface area contributed by atoms with Crippen LogP contribution in [-0.2, 0) is 11.2 Å². The largest absolute Gasteiger partial charge is 0.349 e. The molecule has 7 nitrogen and oxygen atoms in total. The lowest BCUT2D eigenvalue weighted by Gasteiger charge is -2.32. The van der Waals surface area contributed by atoms with Crippen LogP contribution in [0.5, 0.6) is 0 Å². The van der Waals surface area contributed by atoms with Gasteiger partial charge in [-0.15, -0.1) is 0 Å². The van der Waals surface area contributed by atoms with Gasteiger partial charge >= 0.3 is 6.03 Å². The zero-order valence-corrected chi connectivity index (χ0v) is 18.2. The van der Waals surface area contributed by atoms with Crippen LogP contribution in [0, 0.1) is 5.82 Å². The third-order valence-corrected chi connectivity index (χ3v) is 5.40. The number of amides is 4. The average molecular weight is 441 g/mol. The summed E-state index contributed by atoms with van der Waals surface area (Å²) in [7, 11) is 0. The van der Waals surface area contributed by atoms with E-state index in [0.29, 0.717) is 38.2 Å². The quantitative estimate of drug-likeness (QED) is 0.617. The number of hydrogen-bond donors (Lipinski definition) is 3. The van der Waals surface area contributed by atoms with Crippen molar-refractivity contribution < 1.29 is 18.8 Å². The van der Waals surface area contributed by atoms with E-state index >= 15 is 0 Å². The Morgan fingerprint density at radius 3 is 2.38 bits per heavy atom. The topological polar surface area (TPSA) is 90.5 Å². The van der Waals surface area contributed by atoms with Crippen molar-refractivity contribution in [3.63, 3.8) is 0 Å². The van der Waals surface area contributed by atoms with E-state index in [1.807, 2.05) is 19.1 Å². The van der Waals surface area contributed by atoms with Gasteiger partial charge in [0.05, 0.1) is 12.0 Å². The fourth-order valence-corrected chi connectivity index (χ4v) is 3.59. The molecule has 0 saturated carbocycles. The van der Waals surface area contributed by atoms with Crippen molar-refractivity contribution in [1.82, 2.24) is 15.5 Å². The smallest absolute Gasteiger partial charge is 0.319 e. The number of piperidine rings is 1. The maximum Gasteiger partial charge on any atom is 0.319 e. The molecule has 3 N–H and O–H groups in total. The van der Waals surface area contributed by atoms with E-state index in [0.717, 1.165) is 12.0 Å². The van der Waals surface area contributed by atoms with E-state index in [4.69, 9.17) is 0 Å². The number of carbonyl (C=O) groups is 3. The van der Waals surface area contributed by atoms with Crippen molar-refractivity contribution in [3.05, 3.63) is 65.5 Å². The maximum absolute atomic E-state index is 13.8. The molecule has 2 aromatic carbocycles. The van der Waals surface area contributed by atoms with Crippen LogP contribution in [0.2, 0.25) is 0 Å². The molecule has 0 bridgehead atoms. The van der Waals surface area contributed by atoms with E-state index in [9.17, 15) is 18.8 Å². The monoisotopic (exact) mass is 440 g/mol. The third-order valence-electron chi connectivity index (χ3n) is 5.40. The summed E-state index contributed by atoms with van der Waals surface area (Å²) in [6, 6.07) is 12.8. The van der Waals surface area contributed by atoms with Crippen LogP contribution in [0.15, 0.2) is 48.5 Å². The van der Waals surface area contributed by atoms with E-state index in [1.165, 1.54) is 12.1 Å². The summed E-state index contributed by atoms with van der Waals surface area (Å²) in [6.45, 7) is 3.68. The molecule has 32 heavy (non-hydrogen) atoms. The van der Waals surface area contributed by atoms with Gasteiger partial charge in [-0.05, 0) is 49.1 Å². The molecular weight excluding hydrogens is 411 g/mol. The van der Waals surface area contributed by atoms with Gasteiger partial charge in [-0.1, -0.05) is 31.2 Å². The van der Waals surface area contributed by atoms with Gasteiger partial charge in [-0.2, -0.15) is 0 Å². The van der Waals surface area contributed by atoms with Crippen molar-refractivity contribution in [3.8, 4) is 0 Å². The molecule has 0 aromatic heterocycles. The molecule has 2 aromatic rings. The van der Waals surface area contributed by atoms with E-state index in [-0.39, 0.29) is 30.0 Å². The molecule has 0 radical (unpaired) electrons. The van der Waals surface area contributed by atoms with Gasteiger partial charge in [0.25, 0.3) is 5.91 Å². The molecule has 0 atom stereocenters. The van der Waals surface area contributed by atoms with Gasteiger partial charge in [-0.25, -0.2) is 9.18 Å². The first kappa shape index (κ1) is 23.2. The third kappa shape index (κ3) is 6.54. The number of likely N-dealkylation sites (tertiary alicyclic amines) is 1. The zero-order valence-electron chi connectivity index (χ0n) is 18.2. The van der Waals surface area contributed by atoms with Gasteiger partial charge in [0.15, 0.2) is 0 Å². The van der Waals surface area contributed by atoms with Gasteiger partial charge in [0, 0.05) is 31.4 Å². The number of hydrogen-bond acceptors (Lipinski definition) is 3. The Kier molecular flexibility index (Phi) is 8.19. The fourth-order valence-electron chi connectivity index (χ4n) is 3.59. The molecule has 1 fully saturated rings. The van der Waals surface area contributed by atoms with Gasteiger partial charge in [0.2, 0.25) is 5.91 Å². The second-order valence-corrected chi connectivity index (χ2v) is 7.86. The van der Waals surface area contributed by atoms with Gasteiger partial charge in [-0.3, -0.25) is 9.59 Å². The van der Waals surface area contributed by atoms with E-state index in [2.05, 4.69) is 16.0 Å². The minimum atomic E-state index is -0.541. The average Bonchev–Trinajstić information content (AvgIpc) is 2.79. The number of carbonyl (C=O) groups excluding carboxylic acids is 3. The minimum absolute atomic E-state index is 0.0188. The SMILES string of the molecule is CCCNC(=O)Nc1ccc(CC(=O)N2CCC(NC(=O)c3ccccc3F)CC2)cc1. The highest BCUT2D eigenvalue weighted by Gasteiger charge is 2.24. The minimum Gasteiger partial charge on any atom is -0.349 e. The number of nitrogens with one attached hydrogen (secondary N) is 3. The first-order valence-electron chi connectivity index (χ1n) is 10.9. The second-order valence-electron chi connectivity index (χ2n) is 7.86. The lowest BCUT2D eigenvalue weighted by molar-refractivity contribution is -0.131. The molecule has 4 amide bonds.